The van der Waals surface area contributed by atoms with E-state index >= 15 is 0 Å². The van der Waals surface area contributed by atoms with E-state index in [0.29, 0.717) is 24.3 Å². The summed E-state index contributed by atoms with van der Waals surface area (Å²) < 4.78 is 0. The van der Waals surface area contributed by atoms with Crippen LogP contribution in [0.4, 0.5) is 5.69 Å². The lowest BCUT2D eigenvalue weighted by molar-refractivity contribution is -0.385. The predicted octanol–water partition coefficient (Wildman–Crippen LogP) is 3.13. The van der Waals surface area contributed by atoms with Crippen LogP contribution in [-0.2, 0) is 11.2 Å². The first-order chi connectivity index (χ1) is 8.41. The molecule has 1 rings (SSSR count). The summed E-state index contributed by atoms with van der Waals surface area (Å²) in [6, 6.07) is 5.07. The number of nitro benzene ring substituents is 1. The van der Waals surface area contributed by atoms with Crippen LogP contribution in [0.5, 0.6) is 0 Å². The maximum Gasteiger partial charge on any atom is 0.303 e. The molecule has 0 heterocycles. The molecule has 0 unspecified atom stereocenters. The number of hydrogen-bond acceptors (Lipinski definition) is 3. The molecule has 98 valence electrons. The second kappa shape index (κ2) is 6.14. The molecule has 0 fully saturated rings. The molecule has 0 radical (unpaired) electrons. The highest BCUT2D eigenvalue weighted by molar-refractivity contribution is 5.66. The van der Waals surface area contributed by atoms with Gasteiger partial charge in [0.15, 0.2) is 0 Å². The molecule has 1 N–H and O–H groups in total. The van der Waals surface area contributed by atoms with Gasteiger partial charge in [0.2, 0.25) is 0 Å². The molecule has 1 aromatic rings. The van der Waals surface area contributed by atoms with Crippen molar-refractivity contribution in [1.29, 1.82) is 0 Å². The molecule has 0 amide bonds. The number of hydrogen-bond donors (Lipinski definition) is 1. The van der Waals surface area contributed by atoms with Crippen molar-refractivity contribution in [2.24, 2.45) is 0 Å². The minimum Gasteiger partial charge on any atom is -0.481 e. The Morgan fingerprint density at radius 3 is 2.61 bits per heavy atom. The Bertz CT molecular complexity index is 454. The van der Waals surface area contributed by atoms with Crippen molar-refractivity contribution in [2.45, 2.75) is 39.0 Å². The highest BCUT2D eigenvalue weighted by atomic mass is 16.6. The van der Waals surface area contributed by atoms with Gasteiger partial charge in [0.25, 0.3) is 5.69 Å². The van der Waals surface area contributed by atoms with Gasteiger partial charge < -0.3 is 5.11 Å². The van der Waals surface area contributed by atoms with Gasteiger partial charge >= 0.3 is 5.97 Å². The van der Waals surface area contributed by atoms with E-state index in [4.69, 9.17) is 5.11 Å². The molecule has 0 spiro atoms. The summed E-state index contributed by atoms with van der Waals surface area (Å²) in [5.41, 5.74) is 1.73. The summed E-state index contributed by atoms with van der Waals surface area (Å²) in [5.74, 6) is -0.582. The van der Waals surface area contributed by atoms with Gasteiger partial charge in [0.1, 0.15) is 0 Å². The summed E-state index contributed by atoms with van der Waals surface area (Å²) in [7, 11) is 0. The van der Waals surface area contributed by atoms with Crippen LogP contribution in [0, 0.1) is 10.1 Å². The Labute approximate surface area is 106 Å². The largest absolute Gasteiger partial charge is 0.481 e. The number of aliphatic carboxylic acids is 1. The summed E-state index contributed by atoms with van der Waals surface area (Å²) >= 11 is 0. The van der Waals surface area contributed by atoms with E-state index in [0.717, 1.165) is 5.56 Å². The zero-order valence-electron chi connectivity index (χ0n) is 10.5. The molecule has 0 bridgehead atoms. The molecule has 0 aliphatic carbocycles. The van der Waals surface area contributed by atoms with Crippen LogP contribution < -0.4 is 0 Å². The second-order valence-electron chi connectivity index (χ2n) is 4.55. The maximum absolute atomic E-state index is 10.9. The maximum atomic E-state index is 10.9. The molecular weight excluding hydrogens is 234 g/mol. The first-order valence-corrected chi connectivity index (χ1v) is 5.91. The number of nitrogens with zero attached hydrogens (tertiary/aromatic N) is 1. The number of carboxylic acid groups (broad SMARTS) is 1. The summed E-state index contributed by atoms with van der Waals surface area (Å²) in [4.78, 5) is 20.9. The van der Waals surface area contributed by atoms with Crippen molar-refractivity contribution >= 4 is 11.7 Å². The van der Waals surface area contributed by atoms with E-state index in [-0.39, 0.29) is 12.1 Å². The van der Waals surface area contributed by atoms with Crippen LogP contribution in [0.1, 0.15) is 43.7 Å². The first kappa shape index (κ1) is 14.2. The SMILES string of the molecule is CC(C)c1ccc([N+](=O)[O-])c(CCCC(=O)O)c1. The number of nitro groups is 1. The van der Waals surface area contributed by atoms with Crippen LogP contribution >= 0.6 is 0 Å². The third-order valence-corrected chi connectivity index (χ3v) is 2.80. The van der Waals surface area contributed by atoms with Gasteiger partial charge in [0, 0.05) is 18.1 Å². The Balaban J connectivity index is 2.93. The fourth-order valence-corrected chi connectivity index (χ4v) is 1.77. The summed E-state index contributed by atoms with van der Waals surface area (Å²) in [5, 5.41) is 19.5. The van der Waals surface area contributed by atoms with E-state index in [1.807, 2.05) is 19.9 Å². The summed E-state index contributed by atoms with van der Waals surface area (Å²) in [6.07, 6.45) is 0.865. The number of benzene rings is 1. The van der Waals surface area contributed by atoms with Gasteiger partial charge in [-0.3, -0.25) is 14.9 Å². The van der Waals surface area contributed by atoms with Gasteiger partial charge in [0.05, 0.1) is 4.92 Å². The molecule has 0 aliphatic rings. The third kappa shape index (κ3) is 3.84. The highest BCUT2D eigenvalue weighted by Crippen LogP contribution is 2.25. The van der Waals surface area contributed by atoms with E-state index in [1.54, 1.807) is 6.07 Å². The molecule has 18 heavy (non-hydrogen) atoms. The average Bonchev–Trinajstić information content (AvgIpc) is 2.27. The van der Waals surface area contributed by atoms with Crippen molar-refractivity contribution in [2.75, 3.05) is 0 Å². The van der Waals surface area contributed by atoms with Gasteiger partial charge in [-0.2, -0.15) is 0 Å². The lowest BCUT2D eigenvalue weighted by atomic mass is 9.97. The van der Waals surface area contributed by atoms with E-state index in [1.165, 1.54) is 6.07 Å². The van der Waals surface area contributed by atoms with E-state index in [2.05, 4.69) is 0 Å². The highest BCUT2D eigenvalue weighted by Gasteiger charge is 2.15. The number of aryl methyl sites for hydroxylation is 1. The lowest BCUT2D eigenvalue weighted by Gasteiger charge is -2.08. The van der Waals surface area contributed by atoms with Crippen molar-refractivity contribution < 1.29 is 14.8 Å². The van der Waals surface area contributed by atoms with Gasteiger partial charge in [-0.15, -0.1) is 0 Å². The van der Waals surface area contributed by atoms with Crippen LogP contribution in [-0.4, -0.2) is 16.0 Å². The van der Waals surface area contributed by atoms with Crippen molar-refractivity contribution in [3.63, 3.8) is 0 Å². The standard InChI is InChI=1S/C13H17NO4/c1-9(2)10-6-7-12(14(17)18)11(8-10)4-3-5-13(15)16/h6-9H,3-5H2,1-2H3,(H,15,16). The van der Waals surface area contributed by atoms with Crippen LogP contribution in [0.25, 0.3) is 0 Å². The molecule has 0 atom stereocenters. The zero-order chi connectivity index (χ0) is 13.7. The summed E-state index contributed by atoms with van der Waals surface area (Å²) in [6.45, 7) is 4.03. The monoisotopic (exact) mass is 251 g/mol. The first-order valence-electron chi connectivity index (χ1n) is 5.91. The van der Waals surface area contributed by atoms with Crippen molar-refractivity contribution in [3.05, 3.63) is 39.4 Å². The van der Waals surface area contributed by atoms with Crippen molar-refractivity contribution in [1.82, 2.24) is 0 Å². The van der Waals surface area contributed by atoms with Crippen LogP contribution in [0.3, 0.4) is 0 Å². The zero-order valence-corrected chi connectivity index (χ0v) is 10.5. The predicted molar refractivity (Wildman–Crippen MR) is 67.8 cm³/mol. The molecule has 5 nitrogen and oxygen atoms in total. The third-order valence-electron chi connectivity index (χ3n) is 2.80. The quantitative estimate of drug-likeness (QED) is 0.622. The smallest absolute Gasteiger partial charge is 0.303 e. The minimum atomic E-state index is -0.877. The number of carboxylic acids is 1. The molecule has 0 aromatic heterocycles. The molecule has 0 aliphatic heterocycles. The lowest BCUT2D eigenvalue weighted by Crippen LogP contribution is -2.01. The average molecular weight is 251 g/mol. The van der Waals surface area contributed by atoms with Gasteiger partial charge in [-0.05, 0) is 30.4 Å². The molecular formula is C13H17NO4. The molecule has 5 heteroatoms. The Morgan fingerprint density at radius 2 is 2.11 bits per heavy atom. The van der Waals surface area contributed by atoms with Gasteiger partial charge in [-0.1, -0.05) is 19.9 Å². The van der Waals surface area contributed by atoms with E-state index < -0.39 is 10.9 Å². The molecule has 0 saturated carbocycles. The normalized spacial score (nSPS) is 10.6. The van der Waals surface area contributed by atoms with E-state index in [9.17, 15) is 14.9 Å². The Kier molecular flexibility index (Phi) is 4.83. The Hall–Kier alpha value is -1.91. The van der Waals surface area contributed by atoms with Gasteiger partial charge in [-0.25, -0.2) is 0 Å². The van der Waals surface area contributed by atoms with Crippen LogP contribution in [0.2, 0.25) is 0 Å². The molecule has 1 aromatic carbocycles. The molecule has 0 saturated heterocycles. The van der Waals surface area contributed by atoms with Crippen LogP contribution in [0.15, 0.2) is 18.2 Å². The second-order valence-corrected chi connectivity index (χ2v) is 4.55. The Morgan fingerprint density at radius 1 is 1.44 bits per heavy atom. The number of rotatable bonds is 6. The fourth-order valence-electron chi connectivity index (χ4n) is 1.77. The minimum absolute atomic E-state index is 0.0308. The topological polar surface area (TPSA) is 80.4 Å². The fraction of sp³-hybridized carbons (Fsp3) is 0.462. The number of carbonyl (C=O) groups is 1. The van der Waals surface area contributed by atoms with Crippen molar-refractivity contribution in [3.8, 4) is 0 Å².